The van der Waals surface area contributed by atoms with Gasteiger partial charge in [0.2, 0.25) is 5.95 Å². The second-order valence-electron chi connectivity index (χ2n) is 6.27. The summed E-state index contributed by atoms with van der Waals surface area (Å²) >= 11 is 0. The van der Waals surface area contributed by atoms with Crippen LogP contribution in [0.3, 0.4) is 0 Å². The molecular formula is C21H21N5O. The maximum absolute atomic E-state index is 12.4. The molecule has 6 nitrogen and oxygen atoms in total. The molecule has 0 atom stereocenters. The van der Waals surface area contributed by atoms with Gasteiger partial charge in [-0.3, -0.25) is 15.2 Å². The topological polar surface area (TPSA) is 108 Å². The van der Waals surface area contributed by atoms with Crippen molar-refractivity contribution in [2.75, 3.05) is 5.43 Å². The summed E-state index contributed by atoms with van der Waals surface area (Å²) in [7, 11) is 0. The first-order chi connectivity index (χ1) is 13.2. The molecule has 0 unspecified atom stereocenters. The van der Waals surface area contributed by atoms with E-state index < -0.39 is 0 Å². The van der Waals surface area contributed by atoms with E-state index >= 15 is 0 Å². The molecular weight excluding hydrogens is 338 g/mol. The van der Waals surface area contributed by atoms with Crippen LogP contribution in [-0.2, 0) is 12.8 Å². The van der Waals surface area contributed by atoms with Gasteiger partial charge in [0.25, 0.3) is 5.56 Å². The van der Waals surface area contributed by atoms with E-state index in [4.69, 9.17) is 5.84 Å². The molecule has 0 aliphatic carbocycles. The third-order valence-corrected chi connectivity index (χ3v) is 4.42. The average Bonchev–Trinajstić information content (AvgIpc) is 2.71. The normalized spacial score (nSPS) is 10.4. The minimum atomic E-state index is -0.180. The number of benzene rings is 2. The van der Waals surface area contributed by atoms with Crippen LogP contribution >= 0.6 is 0 Å². The Morgan fingerprint density at radius 2 is 1.93 bits per heavy atom. The summed E-state index contributed by atoms with van der Waals surface area (Å²) in [6, 6.07) is 17.6. The molecule has 0 spiro atoms. The highest BCUT2D eigenvalue weighted by molar-refractivity contribution is 5.70. The highest BCUT2D eigenvalue weighted by Gasteiger charge is 2.12. The van der Waals surface area contributed by atoms with Gasteiger partial charge in [-0.2, -0.15) is 5.26 Å². The first-order valence-electron chi connectivity index (χ1n) is 8.83. The highest BCUT2D eigenvalue weighted by atomic mass is 16.1. The number of aryl methyl sites for hydroxylation is 1. The molecule has 0 aliphatic rings. The van der Waals surface area contributed by atoms with E-state index in [1.165, 1.54) is 0 Å². The minimum Gasteiger partial charge on any atom is -0.294 e. The van der Waals surface area contributed by atoms with Gasteiger partial charge in [0.15, 0.2) is 0 Å². The number of hydrogen-bond acceptors (Lipinski definition) is 5. The van der Waals surface area contributed by atoms with Crippen LogP contribution in [0.15, 0.2) is 53.3 Å². The summed E-state index contributed by atoms with van der Waals surface area (Å²) in [6.45, 7) is 2.05. The number of nitriles is 1. The molecule has 6 heteroatoms. The van der Waals surface area contributed by atoms with Crippen molar-refractivity contribution in [2.45, 2.75) is 26.2 Å². The van der Waals surface area contributed by atoms with Gasteiger partial charge in [-0.15, -0.1) is 0 Å². The van der Waals surface area contributed by atoms with Crippen LogP contribution in [0.2, 0.25) is 0 Å². The molecule has 1 aromatic heterocycles. The lowest BCUT2D eigenvalue weighted by Gasteiger charge is -2.10. The molecule has 136 valence electrons. The number of hydrogen-bond donors (Lipinski definition) is 3. The summed E-state index contributed by atoms with van der Waals surface area (Å²) in [4.78, 5) is 19.5. The van der Waals surface area contributed by atoms with E-state index in [-0.39, 0.29) is 11.5 Å². The van der Waals surface area contributed by atoms with Gasteiger partial charge in [0.05, 0.1) is 17.3 Å². The van der Waals surface area contributed by atoms with Crippen molar-refractivity contribution in [1.29, 1.82) is 5.26 Å². The molecule has 27 heavy (non-hydrogen) atoms. The maximum Gasteiger partial charge on any atom is 0.256 e. The van der Waals surface area contributed by atoms with Crippen LogP contribution in [0, 0.1) is 11.3 Å². The van der Waals surface area contributed by atoms with Crippen molar-refractivity contribution in [3.8, 4) is 17.2 Å². The monoisotopic (exact) mass is 359 g/mol. The number of aromatic nitrogens is 2. The van der Waals surface area contributed by atoms with Gasteiger partial charge in [-0.25, -0.2) is 10.8 Å². The Balaban J connectivity index is 1.92. The molecule has 1 heterocycles. The number of nitrogens with two attached hydrogens (primary N) is 1. The van der Waals surface area contributed by atoms with Crippen molar-refractivity contribution in [2.24, 2.45) is 5.84 Å². The Kier molecular flexibility index (Phi) is 5.64. The van der Waals surface area contributed by atoms with Crippen LogP contribution in [0.4, 0.5) is 5.95 Å². The van der Waals surface area contributed by atoms with Crippen molar-refractivity contribution < 1.29 is 0 Å². The van der Waals surface area contributed by atoms with Crippen LogP contribution in [-0.4, -0.2) is 9.97 Å². The fourth-order valence-corrected chi connectivity index (χ4v) is 3.08. The first-order valence-corrected chi connectivity index (χ1v) is 8.83. The molecule has 4 N–H and O–H groups in total. The summed E-state index contributed by atoms with van der Waals surface area (Å²) in [5.41, 5.74) is 7.15. The van der Waals surface area contributed by atoms with E-state index in [1.54, 1.807) is 6.07 Å². The predicted octanol–water partition coefficient (Wildman–Crippen LogP) is 3.14. The average molecular weight is 359 g/mol. The Morgan fingerprint density at radius 3 is 2.59 bits per heavy atom. The summed E-state index contributed by atoms with van der Waals surface area (Å²) < 4.78 is 0. The standard InChI is InChI=1S/C21H21N5O/c1-2-5-19-18(20(27)25-21(24-19)26-23)12-14-8-10-15(11-9-14)17-7-4-3-6-16(17)13-22/h3-4,6-11H,2,5,12,23H2,1H3,(H2,24,25,26,27). The second-order valence-corrected chi connectivity index (χ2v) is 6.27. The zero-order valence-corrected chi connectivity index (χ0v) is 15.1. The fraction of sp³-hybridized carbons (Fsp3) is 0.190. The van der Waals surface area contributed by atoms with Gasteiger partial charge >= 0.3 is 0 Å². The lowest BCUT2D eigenvalue weighted by atomic mass is 9.97. The number of H-pyrrole nitrogens is 1. The van der Waals surface area contributed by atoms with Crippen LogP contribution in [0.25, 0.3) is 11.1 Å². The van der Waals surface area contributed by atoms with Crippen LogP contribution in [0.1, 0.15) is 35.7 Å². The number of nitrogens with zero attached hydrogens (tertiary/aromatic N) is 2. The van der Waals surface area contributed by atoms with Crippen LogP contribution < -0.4 is 16.8 Å². The maximum atomic E-state index is 12.4. The first kappa shape index (κ1) is 18.4. The summed E-state index contributed by atoms with van der Waals surface area (Å²) in [5.74, 6) is 5.65. The molecule has 0 aliphatic heterocycles. The van der Waals surface area contributed by atoms with Gasteiger partial charge in [0.1, 0.15) is 0 Å². The number of rotatable bonds is 6. The van der Waals surface area contributed by atoms with E-state index in [9.17, 15) is 10.1 Å². The summed E-state index contributed by atoms with van der Waals surface area (Å²) in [5, 5.41) is 9.27. The van der Waals surface area contributed by atoms with Crippen molar-refractivity contribution in [3.05, 3.63) is 81.3 Å². The van der Waals surface area contributed by atoms with Gasteiger partial charge in [-0.1, -0.05) is 55.8 Å². The molecule has 0 radical (unpaired) electrons. The van der Waals surface area contributed by atoms with E-state index in [2.05, 4.69) is 21.5 Å². The van der Waals surface area contributed by atoms with Gasteiger partial charge in [0, 0.05) is 12.0 Å². The Morgan fingerprint density at radius 1 is 1.19 bits per heavy atom. The predicted molar refractivity (Wildman–Crippen MR) is 106 cm³/mol. The van der Waals surface area contributed by atoms with E-state index in [0.717, 1.165) is 28.8 Å². The van der Waals surface area contributed by atoms with Gasteiger partial charge in [-0.05, 0) is 29.2 Å². The SMILES string of the molecule is CCCc1nc(NN)[nH]c(=O)c1Cc1ccc(-c2ccccc2C#N)cc1. The third kappa shape index (κ3) is 4.05. The number of hydrazine groups is 1. The highest BCUT2D eigenvalue weighted by Crippen LogP contribution is 2.24. The Labute approximate surface area is 157 Å². The minimum absolute atomic E-state index is 0.180. The zero-order chi connectivity index (χ0) is 19.2. The largest absolute Gasteiger partial charge is 0.294 e. The number of nitrogens with one attached hydrogen (secondary N) is 2. The third-order valence-electron chi connectivity index (χ3n) is 4.42. The van der Waals surface area contributed by atoms with E-state index in [1.807, 2.05) is 49.4 Å². The molecule has 3 aromatic rings. The smallest absolute Gasteiger partial charge is 0.256 e. The number of nitrogen functional groups attached to an aromatic ring is 1. The Bertz CT molecular complexity index is 1030. The van der Waals surface area contributed by atoms with Crippen molar-refractivity contribution in [3.63, 3.8) is 0 Å². The molecule has 0 fully saturated rings. The second kappa shape index (κ2) is 8.30. The Hall–Kier alpha value is -3.43. The molecule has 0 saturated carbocycles. The van der Waals surface area contributed by atoms with Crippen molar-refractivity contribution in [1.82, 2.24) is 9.97 Å². The van der Waals surface area contributed by atoms with Crippen LogP contribution in [0.5, 0.6) is 0 Å². The molecule has 0 amide bonds. The van der Waals surface area contributed by atoms with E-state index in [0.29, 0.717) is 24.0 Å². The lowest BCUT2D eigenvalue weighted by molar-refractivity contribution is 0.839. The quantitative estimate of drug-likeness (QED) is 0.463. The van der Waals surface area contributed by atoms with Crippen molar-refractivity contribution >= 4 is 5.95 Å². The molecule has 3 rings (SSSR count). The lowest BCUT2D eigenvalue weighted by Crippen LogP contribution is -2.22. The summed E-state index contributed by atoms with van der Waals surface area (Å²) in [6.07, 6.45) is 2.08. The fourth-order valence-electron chi connectivity index (χ4n) is 3.08. The number of anilines is 1. The molecule has 2 aromatic carbocycles. The zero-order valence-electron chi connectivity index (χ0n) is 15.1. The number of aromatic amines is 1. The molecule has 0 saturated heterocycles. The van der Waals surface area contributed by atoms with Gasteiger partial charge < -0.3 is 0 Å². The molecule has 0 bridgehead atoms.